The number of hydrogen-bond donors (Lipinski definition) is 1. The van der Waals surface area contributed by atoms with E-state index in [1.165, 1.54) is 19.3 Å². The summed E-state index contributed by atoms with van der Waals surface area (Å²) in [5.41, 5.74) is 1.98. The molecule has 1 N–H and O–H groups in total. The Morgan fingerprint density at radius 2 is 1.80 bits per heavy atom. The van der Waals surface area contributed by atoms with Crippen molar-refractivity contribution in [2.24, 2.45) is 5.92 Å². The Bertz CT molecular complexity index is 681. The molecule has 2 aromatic carbocycles. The zero-order valence-corrected chi connectivity index (χ0v) is 16.2. The average molecular weight is 405 g/mol. The fraction of sp³-hybridized carbons (Fsp3) is 0.429. The molecule has 3 rings (SSSR count). The normalized spacial score (nSPS) is 16.4. The lowest BCUT2D eigenvalue weighted by atomic mass is 9.83. The Labute approximate surface area is 158 Å². The van der Waals surface area contributed by atoms with Gasteiger partial charge in [0.25, 0.3) is 0 Å². The van der Waals surface area contributed by atoms with Crippen LogP contribution in [0.4, 0.5) is 0 Å². The van der Waals surface area contributed by atoms with Crippen LogP contribution in [0.5, 0.6) is 11.5 Å². The van der Waals surface area contributed by atoms with Gasteiger partial charge in [0.1, 0.15) is 6.61 Å². The fourth-order valence-electron chi connectivity index (χ4n) is 3.49. The van der Waals surface area contributed by atoms with Crippen LogP contribution >= 0.6 is 15.9 Å². The number of benzene rings is 2. The summed E-state index contributed by atoms with van der Waals surface area (Å²) in [6.07, 6.45) is 5.37. The number of rotatable bonds is 6. The van der Waals surface area contributed by atoms with Gasteiger partial charge in [0, 0.05) is 4.47 Å². The third kappa shape index (κ3) is 4.56. The summed E-state index contributed by atoms with van der Waals surface area (Å²) in [5, 5.41) is 10.9. The Balaban J connectivity index is 1.81. The van der Waals surface area contributed by atoms with Gasteiger partial charge in [-0.15, -0.1) is 0 Å². The zero-order chi connectivity index (χ0) is 17.6. The SMILES string of the molecule is COc1cc(Br)c(C(O)C2CCCCC2)cc1OCc1ccccc1. The monoisotopic (exact) mass is 404 g/mol. The molecule has 25 heavy (non-hydrogen) atoms. The van der Waals surface area contributed by atoms with Crippen molar-refractivity contribution >= 4 is 15.9 Å². The van der Waals surface area contributed by atoms with E-state index in [0.717, 1.165) is 28.4 Å². The van der Waals surface area contributed by atoms with Gasteiger partial charge < -0.3 is 14.6 Å². The first kappa shape index (κ1) is 18.3. The smallest absolute Gasteiger partial charge is 0.162 e. The molecule has 0 heterocycles. The summed E-state index contributed by atoms with van der Waals surface area (Å²) in [6, 6.07) is 13.9. The van der Waals surface area contributed by atoms with Crippen LogP contribution in [0.15, 0.2) is 46.9 Å². The summed E-state index contributed by atoms with van der Waals surface area (Å²) in [6.45, 7) is 0.470. The van der Waals surface area contributed by atoms with Crippen LogP contribution < -0.4 is 9.47 Å². The number of halogens is 1. The van der Waals surface area contributed by atoms with E-state index in [0.29, 0.717) is 24.0 Å². The van der Waals surface area contributed by atoms with Crippen LogP contribution in [0, 0.1) is 5.92 Å². The molecule has 1 atom stereocenters. The molecule has 4 heteroatoms. The second-order valence-corrected chi connectivity index (χ2v) is 7.50. The molecule has 0 bridgehead atoms. The maximum Gasteiger partial charge on any atom is 0.162 e. The number of hydrogen-bond acceptors (Lipinski definition) is 3. The number of aliphatic hydroxyl groups is 1. The second-order valence-electron chi connectivity index (χ2n) is 6.64. The summed E-state index contributed by atoms with van der Waals surface area (Å²) >= 11 is 3.59. The Kier molecular flexibility index (Phi) is 6.38. The summed E-state index contributed by atoms with van der Waals surface area (Å²) in [7, 11) is 1.63. The topological polar surface area (TPSA) is 38.7 Å². The molecule has 0 aliphatic heterocycles. The lowest BCUT2D eigenvalue weighted by Gasteiger charge is -2.28. The van der Waals surface area contributed by atoms with Gasteiger partial charge in [-0.2, -0.15) is 0 Å². The average Bonchev–Trinajstić information content (AvgIpc) is 2.67. The maximum atomic E-state index is 10.9. The Hall–Kier alpha value is -1.52. The largest absolute Gasteiger partial charge is 0.493 e. The molecule has 1 unspecified atom stereocenters. The molecule has 0 saturated heterocycles. The van der Waals surface area contributed by atoms with E-state index in [1.54, 1.807) is 7.11 Å². The fourth-order valence-corrected chi connectivity index (χ4v) is 4.05. The first-order valence-corrected chi connectivity index (χ1v) is 9.70. The van der Waals surface area contributed by atoms with E-state index >= 15 is 0 Å². The molecule has 0 aromatic heterocycles. The van der Waals surface area contributed by atoms with Crippen LogP contribution in [0.1, 0.15) is 49.3 Å². The van der Waals surface area contributed by atoms with Gasteiger partial charge in [-0.05, 0) is 42.0 Å². The van der Waals surface area contributed by atoms with E-state index in [9.17, 15) is 5.11 Å². The molecule has 1 fully saturated rings. The van der Waals surface area contributed by atoms with E-state index in [2.05, 4.69) is 15.9 Å². The Morgan fingerprint density at radius 1 is 1.08 bits per heavy atom. The van der Waals surface area contributed by atoms with Gasteiger partial charge in [-0.25, -0.2) is 0 Å². The molecule has 1 aliphatic carbocycles. The molecule has 1 saturated carbocycles. The van der Waals surface area contributed by atoms with Crippen LogP contribution in [0.2, 0.25) is 0 Å². The van der Waals surface area contributed by atoms with Crippen molar-refractivity contribution in [2.45, 2.75) is 44.8 Å². The van der Waals surface area contributed by atoms with Gasteiger partial charge >= 0.3 is 0 Å². The zero-order valence-electron chi connectivity index (χ0n) is 14.6. The van der Waals surface area contributed by atoms with E-state index < -0.39 is 6.10 Å². The van der Waals surface area contributed by atoms with Gasteiger partial charge in [0.2, 0.25) is 0 Å². The molecule has 0 spiro atoms. The molecule has 1 aliphatic rings. The van der Waals surface area contributed by atoms with Crippen LogP contribution in [-0.2, 0) is 6.61 Å². The first-order valence-electron chi connectivity index (χ1n) is 8.91. The number of aliphatic hydroxyl groups excluding tert-OH is 1. The van der Waals surface area contributed by atoms with Crippen molar-refractivity contribution in [3.05, 3.63) is 58.1 Å². The quantitative estimate of drug-likeness (QED) is 0.675. The first-order chi connectivity index (χ1) is 12.2. The van der Waals surface area contributed by atoms with Gasteiger partial charge in [-0.3, -0.25) is 0 Å². The van der Waals surface area contributed by atoms with Crippen molar-refractivity contribution in [2.75, 3.05) is 7.11 Å². The summed E-state index contributed by atoms with van der Waals surface area (Å²) in [4.78, 5) is 0. The predicted molar refractivity (Wildman–Crippen MR) is 103 cm³/mol. The molecular weight excluding hydrogens is 380 g/mol. The minimum atomic E-state index is -0.473. The van der Waals surface area contributed by atoms with Crippen molar-refractivity contribution in [1.29, 1.82) is 0 Å². The number of methoxy groups -OCH3 is 1. The van der Waals surface area contributed by atoms with Gasteiger partial charge in [0.15, 0.2) is 11.5 Å². The van der Waals surface area contributed by atoms with E-state index in [-0.39, 0.29) is 0 Å². The molecular formula is C21H25BrO3. The summed E-state index contributed by atoms with van der Waals surface area (Å²) in [5.74, 6) is 1.65. The third-order valence-corrected chi connectivity index (χ3v) is 5.62. The van der Waals surface area contributed by atoms with Crippen LogP contribution in [0.25, 0.3) is 0 Å². The highest BCUT2D eigenvalue weighted by Gasteiger charge is 2.26. The van der Waals surface area contributed by atoms with Gasteiger partial charge in [0.05, 0.1) is 13.2 Å². The summed E-state index contributed by atoms with van der Waals surface area (Å²) < 4.78 is 12.3. The molecule has 3 nitrogen and oxygen atoms in total. The highest BCUT2D eigenvalue weighted by molar-refractivity contribution is 9.10. The minimum Gasteiger partial charge on any atom is -0.493 e. The lowest BCUT2D eigenvalue weighted by Crippen LogP contribution is -2.16. The molecule has 134 valence electrons. The highest BCUT2D eigenvalue weighted by atomic mass is 79.9. The molecule has 2 aromatic rings. The molecule has 0 radical (unpaired) electrons. The second kappa shape index (κ2) is 8.72. The van der Waals surface area contributed by atoms with Crippen molar-refractivity contribution in [3.63, 3.8) is 0 Å². The van der Waals surface area contributed by atoms with Gasteiger partial charge in [-0.1, -0.05) is 65.5 Å². The third-order valence-electron chi connectivity index (χ3n) is 4.94. The number of ether oxygens (including phenoxy) is 2. The maximum absolute atomic E-state index is 10.9. The Morgan fingerprint density at radius 3 is 2.48 bits per heavy atom. The van der Waals surface area contributed by atoms with Crippen molar-refractivity contribution in [3.8, 4) is 11.5 Å². The van der Waals surface area contributed by atoms with Crippen molar-refractivity contribution in [1.82, 2.24) is 0 Å². The highest BCUT2D eigenvalue weighted by Crippen LogP contribution is 2.41. The van der Waals surface area contributed by atoms with Crippen molar-refractivity contribution < 1.29 is 14.6 Å². The van der Waals surface area contributed by atoms with Crippen LogP contribution in [-0.4, -0.2) is 12.2 Å². The minimum absolute atomic E-state index is 0.320. The lowest BCUT2D eigenvalue weighted by molar-refractivity contribution is 0.0838. The standard InChI is InChI=1S/C21H25BrO3/c1-24-19-13-18(22)17(21(23)16-10-6-3-7-11-16)12-20(19)25-14-15-8-4-2-5-9-15/h2,4-5,8-9,12-13,16,21,23H,3,6-7,10-11,14H2,1H3. The van der Waals surface area contributed by atoms with Crippen LogP contribution in [0.3, 0.4) is 0 Å². The molecule has 0 amide bonds. The predicted octanol–water partition coefficient (Wildman–Crippen LogP) is 5.65. The van der Waals surface area contributed by atoms with E-state index in [1.807, 2.05) is 42.5 Å². The van der Waals surface area contributed by atoms with E-state index in [4.69, 9.17) is 9.47 Å².